The summed E-state index contributed by atoms with van der Waals surface area (Å²) in [5.41, 5.74) is 6.52. The lowest BCUT2D eigenvalue weighted by Crippen LogP contribution is -2.02. The second-order valence-corrected chi connectivity index (χ2v) is 13.4. The standard InChI is InChI=1S/C40H76N/c1-5-9-13-17-21-25-29-33-37-38(34-30-26-22-18-14-10-6-2)40(36-32-28-24-20-16-12-8-4)41-39(37)35-31-27-23-19-15-11-7-3/h5-36H2,1-4H3. The molecule has 0 fully saturated rings. The number of unbranched alkanes of at least 4 members (excludes halogenated alkanes) is 24. The summed E-state index contributed by atoms with van der Waals surface area (Å²) in [6.07, 6.45) is 44.4. The Morgan fingerprint density at radius 1 is 0.268 bits per heavy atom. The highest BCUT2D eigenvalue weighted by Gasteiger charge is 2.24. The van der Waals surface area contributed by atoms with Gasteiger partial charge in [-0.1, -0.05) is 182 Å². The van der Waals surface area contributed by atoms with E-state index in [9.17, 15) is 0 Å². The molecule has 0 aromatic rings. The van der Waals surface area contributed by atoms with Crippen molar-refractivity contribution in [2.45, 2.75) is 233 Å². The van der Waals surface area contributed by atoms with E-state index in [0.29, 0.717) is 0 Å². The van der Waals surface area contributed by atoms with Crippen molar-refractivity contribution in [3.05, 3.63) is 22.5 Å². The second-order valence-electron chi connectivity index (χ2n) is 13.4. The quantitative estimate of drug-likeness (QED) is 0.0714. The zero-order valence-electron chi connectivity index (χ0n) is 29.1. The van der Waals surface area contributed by atoms with Crippen LogP contribution in [0.4, 0.5) is 0 Å². The smallest absolute Gasteiger partial charge is 0.0442 e. The first-order chi connectivity index (χ1) is 20.3. The molecule has 0 atom stereocenters. The molecule has 1 aliphatic heterocycles. The molecule has 0 amide bonds. The summed E-state index contributed by atoms with van der Waals surface area (Å²) in [7, 11) is 0. The first kappa shape index (κ1) is 38.3. The van der Waals surface area contributed by atoms with Crippen LogP contribution in [-0.4, -0.2) is 0 Å². The van der Waals surface area contributed by atoms with Crippen molar-refractivity contribution < 1.29 is 0 Å². The molecular formula is C40H76N. The van der Waals surface area contributed by atoms with E-state index < -0.39 is 0 Å². The summed E-state index contributed by atoms with van der Waals surface area (Å²) < 4.78 is 0. The first-order valence-corrected chi connectivity index (χ1v) is 19.4. The molecule has 0 spiro atoms. The van der Waals surface area contributed by atoms with Crippen LogP contribution in [0.15, 0.2) is 22.5 Å². The van der Waals surface area contributed by atoms with Gasteiger partial charge in [0.05, 0.1) is 0 Å². The van der Waals surface area contributed by atoms with Crippen molar-refractivity contribution in [3.8, 4) is 0 Å². The Balaban J connectivity index is 2.75. The summed E-state index contributed by atoms with van der Waals surface area (Å²) in [5, 5.41) is 5.48. The maximum atomic E-state index is 5.48. The molecule has 0 aromatic carbocycles. The van der Waals surface area contributed by atoms with E-state index in [1.54, 1.807) is 11.1 Å². The lowest BCUT2D eigenvalue weighted by Gasteiger charge is -2.12. The minimum Gasteiger partial charge on any atom is -0.257 e. The molecule has 241 valence electrons. The van der Waals surface area contributed by atoms with E-state index >= 15 is 0 Å². The van der Waals surface area contributed by atoms with Crippen LogP contribution in [-0.2, 0) is 0 Å². The van der Waals surface area contributed by atoms with Gasteiger partial charge >= 0.3 is 0 Å². The van der Waals surface area contributed by atoms with E-state index in [0.717, 1.165) is 0 Å². The van der Waals surface area contributed by atoms with E-state index in [1.165, 1.54) is 217 Å². The summed E-state index contributed by atoms with van der Waals surface area (Å²) in [6, 6.07) is 0. The van der Waals surface area contributed by atoms with Gasteiger partial charge in [0.15, 0.2) is 0 Å². The van der Waals surface area contributed by atoms with Crippen LogP contribution in [0.3, 0.4) is 0 Å². The van der Waals surface area contributed by atoms with Crippen LogP contribution >= 0.6 is 0 Å². The molecule has 1 aliphatic rings. The van der Waals surface area contributed by atoms with Gasteiger partial charge < -0.3 is 0 Å². The highest BCUT2D eigenvalue weighted by molar-refractivity contribution is 5.45. The van der Waals surface area contributed by atoms with Gasteiger partial charge in [0.2, 0.25) is 0 Å². The van der Waals surface area contributed by atoms with Crippen LogP contribution < -0.4 is 5.32 Å². The third kappa shape index (κ3) is 20.8. The fourth-order valence-corrected chi connectivity index (χ4v) is 6.67. The third-order valence-electron chi connectivity index (χ3n) is 9.43. The number of rotatable bonds is 32. The molecular weight excluding hydrogens is 494 g/mol. The Morgan fingerprint density at radius 3 is 0.756 bits per heavy atom. The zero-order valence-corrected chi connectivity index (χ0v) is 29.1. The lowest BCUT2D eigenvalue weighted by molar-refractivity contribution is 0.574. The van der Waals surface area contributed by atoms with E-state index in [1.807, 2.05) is 0 Å². The van der Waals surface area contributed by atoms with Crippen LogP contribution in [0.5, 0.6) is 0 Å². The Morgan fingerprint density at radius 2 is 0.488 bits per heavy atom. The molecule has 1 radical (unpaired) electrons. The van der Waals surface area contributed by atoms with Crippen LogP contribution in [0.25, 0.3) is 0 Å². The van der Waals surface area contributed by atoms with Crippen molar-refractivity contribution in [1.29, 1.82) is 0 Å². The normalized spacial score (nSPS) is 13.6. The topological polar surface area (TPSA) is 14.1 Å². The van der Waals surface area contributed by atoms with Gasteiger partial charge in [0.25, 0.3) is 0 Å². The molecule has 1 rings (SSSR count). The Kier molecular flexibility index (Phi) is 27.4. The fraction of sp³-hybridized carbons (Fsp3) is 0.900. The largest absolute Gasteiger partial charge is 0.257 e. The number of allylic oxidation sites excluding steroid dienone is 4. The van der Waals surface area contributed by atoms with Gasteiger partial charge in [-0.2, -0.15) is 0 Å². The predicted octanol–water partition coefficient (Wildman–Crippen LogP) is 14.7. The van der Waals surface area contributed by atoms with Crippen LogP contribution in [0.2, 0.25) is 0 Å². The van der Waals surface area contributed by atoms with Crippen LogP contribution in [0, 0.1) is 0 Å². The molecule has 1 nitrogen and oxygen atoms in total. The molecule has 0 saturated heterocycles. The summed E-state index contributed by atoms with van der Waals surface area (Å²) >= 11 is 0. The van der Waals surface area contributed by atoms with E-state index in [-0.39, 0.29) is 0 Å². The monoisotopic (exact) mass is 571 g/mol. The SMILES string of the molecule is CCCCCCCCCC1=C(CCCCCCCCC)C(CCCCCCCCC)=C(CCCCCCCCC)[N]1. The van der Waals surface area contributed by atoms with Gasteiger partial charge in [-0.25, -0.2) is 0 Å². The van der Waals surface area contributed by atoms with Crippen molar-refractivity contribution in [3.63, 3.8) is 0 Å². The molecule has 1 heterocycles. The van der Waals surface area contributed by atoms with Crippen LogP contribution in [0.1, 0.15) is 233 Å². The average molecular weight is 571 g/mol. The minimum absolute atomic E-state index is 1.24. The highest BCUT2D eigenvalue weighted by atomic mass is 14.9. The summed E-state index contributed by atoms with van der Waals surface area (Å²) in [4.78, 5) is 0. The lowest BCUT2D eigenvalue weighted by atomic mass is 9.91. The average Bonchev–Trinajstić information content (AvgIpc) is 3.30. The van der Waals surface area contributed by atoms with Gasteiger partial charge in [0, 0.05) is 11.4 Å². The maximum Gasteiger partial charge on any atom is 0.0442 e. The van der Waals surface area contributed by atoms with E-state index in [4.69, 9.17) is 5.32 Å². The zero-order chi connectivity index (χ0) is 29.6. The van der Waals surface area contributed by atoms with Gasteiger partial charge in [-0.3, -0.25) is 5.32 Å². The Bertz CT molecular complexity index is 573. The second kappa shape index (κ2) is 29.4. The number of nitrogens with zero attached hydrogens (tertiary/aromatic N) is 1. The summed E-state index contributed by atoms with van der Waals surface area (Å²) in [6.45, 7) is 9.29. The third-order valence-corrected chi connectivity index (χ3v) is 9.43. The summed E-state index contributed by atoms with van der Waals surface area (Å²) in [5.74, 6) is 0. The van der Waals surface area contributed by atoms with Crippen molar-refractivity contribution >= 4 is 0 Å². The van der Waals surface area contributed by atoms with Gasteiger partial charge in [-0.15, -0.1) is 0 Å². The molecule has 0 bridgehead atoms. The predicted molar refractivity (Wildman–Crippen MR) is 187 cm³/mol. The minimum atomic E-state index is 1.24. The maximum absolute atomic E-state index is 5.48. The Labute approximate surface area is 260 Å². The molecule has 0 aromatic heterocycles. The highest BCUT2D eigenvalue weighted by Crippen LogP contribution is 2.38. The molecule has 0 saturated carbocycles. The molecule has 0 N–H and O–H groups in total. The molecule has 0 unspecified atom stereocenters. The number of hydrogen-bond donors (Lipinski definition) is 0. The van der Waals surface area contributed by atoms with Crippen molar-refractivity contribution in [1.82, 2.24) is 5.32 Å². The number of hydrogen-bond acceptors (Lipinski definition) is 0. The molecule has 1 heteroatoms. The first-order valence-electron chi connectivity index (χ1n) is 19.4. The van der Waals surface area contributed by atoms with Crippen molar-refractivity contribution in [2.75, 3.05) is 0 Å². The van der Waals surface area contributed by atoms with E-state index in [2.05, 4.69) is 27.7 Å². The Hall–Kier alpha value is -0.720. The van der Waals surface area contributed by atoms with Gasteiger partial charge in [-0.05, 0) is 62.5 Å². The molecule has 41 heavy (non-hydrogen) atoms. The molecule has 0 aliphatic carbocycles. The fourth-order valence-electron chi connectivity index (χ4n) is 6.67. The van der Waals surface area contributed by atoms with Gasteiger partial charge in [0.1, 0.15) is 0 Å². The van der Waals surface area contributed by atoms with Crippen molar-refractivity contribution in [2.24, 2.45) is 0 Å².